The number of benzene rings is 1. The van der Waals surface area contributed by atoms with Crippen molar-refractivity contribution in [3.63, 3.8) is 0 Å². The largest absolute Gasteiger partial charge is 0.378 e. The molecule has 0 atom stereocenters. The Labute approximate surface area is 153 Å². The molecule has 0 spiro atoms. The van der Waals surface area contributed by atoms with Gasteiger partial charge >= 0.3 is 0 Å². The quantitative estimate of drug-likeness (QED) is 0.458. The van der Waals surface area contributed by atoms with Crippen molar-refractivity contribution < 1.29 is 4.74 Å². The van der Waals surface area contributed by atoms with Crippen LogP contribution in [0.3, 0.4) is 0 Å². The van der Waals surface area contributed by atoms with Crippen LogP contribution in [0.5, 0.6) is 0 Å². The number of halogens is 1. The van der Waals surface area contributed by atoms with Crippen molar-refractivity contribution >= 4 is 29.9 Å². The Bertz CT molecular complexity index is 622. The van der Waals surface area contributed by atoms with E-state index in [4.69, 9.17) is 10.5 Å². The topological polar surface area (TPSA) is 68.7 Å². The third kappa shape index (κ3) is 4.93. The second-order valence-corrected chi connectivity index (χ2v) is 5.22. The third-order valence-corrected chi connectivity index (χ3v) is 3.67. The van der Waals surface area contributed by atoms with E-state index in [0.717, 1.165) is 44.0 Å². The first-order chi connectivity index (χ1) is 10.8. The molecule has 0 aliphatic carbocycles. The number of guanidine groups is 1. The van der Waals surface area contributed by atoms with Gasteiger partial charge in [0.1, 0.15) is 0 Å². The number of para-hydroxylation sites is 1. The zero-order chi connectivity index (χ0) is 15.2. The van der Waals surface area contributed by atoms with Gasteiger partial charge < -0.3 is 15.4 Å². The number of nitrogens with zero attached hydrogens (tertiary/aromatic N) is 4. The van der Waals surface area contributed by atoms with Crippen LogP contribution in [-0.4, -0.2) is 53.5 Å². The molecule has 0 unspecified atom stereocenters. The Morgan fingerprint density at radius 3 is 2.70 bits per heavy atom. The highest BCUT2D eigenvalue weighted by Crippen LogP contribution is 2.08. The van der Waals surface area contributed by atoms with Crippen LogP contribution in [0.15, 0.2) is 47.7 Å². The van der Waals surface area contributed by atoms with Crippen LogP contribution in [0.25, 0.3) is 5.69 Å². The zero-order valence-corrected chi connectivity index (χ0v) is 15.3. The minimum atomic E-state index is 0. The van der Waals surface area contributed by atoms with E-state index in [-0.39, 0.29) is 24.0 Å². The van der Waals surface area contributed by atoms with Crippen LogP contribution >= 0.6 is 24.0 Å². The van der Waals surface area contributed by atoms with Gasteiger partial charge in [0, 0.05) is 25.8 Å². The van der Waals surface area contributed by atoms with Crippen LogP contribution in [0.2, 0.25) is 0 Å². The van der Waals surface area contributed by atoms with E-state index >= 15 is 0 Å². The van der Waals surface area contributed by atoms with Gasteiger partial charge in [0.05, 0.1) is 25.1 Å². The Morgan fingerprint density at radius 2 is 1.96 bits per heavy atom. The Hall–Kier alpha value is -1.61. The number of aromatic nitrogens is 2. The number of hydrogen-bond donors (Lipinski definition) is 1. The molecule has 23 heavy (non-hydrogen) atoms. The summed E-state index contributed by atoms with van der Waals surface area (Å²) in [6.45, 7) is 3.76. The highest BCUT2D eigenvalue weighted by Gasteiger charge is 2.11. The molecule has 1 aromatic carbocycles. The molecule has 0 saturated carbocycles. The molecule has 1 aromatic heterocycles. The van der Waals surface area contributed by atoms with E-state index in [9.17, 15) is 0 Å². The molecule has 124 valence electrons. The van der Waals surface area contributed by atoms with Gasteiger partial charge in [-0.3, -0.25) is 4.99 Å². The number of hydrogen-bond acceptors (Lipinski definition) is 3. The lowest BCUT2D eigenvalue weighted by Crippen LogP contribution is -2.44. The van der Waals surface area contributed by atoms with Gasteiger partial charge in [-0.05, 0) is 24.1 Å². The van der Waals surface area contributed by atoms with Crippen molar-refractivity contribution in [3.8, 4) is 5.69 Å². The number of morpholine rings is 1. The molecule has 1 aliphatic rings. The van der Waals surface area contributed by atoms with Crippen LogP contribution < -0.4 is 5.73 Å². The number of ether oxygens (including phenoxy) is 1. The van der Waals surface area contributed by atoms with Crippen LogP contribution in [0, 0.1) is 0 Å². The highest BCUT2D eigenvalue weighted by atomic mass is 127. The smallest absolute Gasteiger partial charge is 0.191 e. The van der Waals surface area contributed by atoms with Crippen molar-refractivity contribution in [2.45, 2.75) is 6.42 Å². The van der Waals surface area contributed by atoms with Crippen molar-refractivity contribution in [1.29, 1.82) is 0 Å². The Morgan fingerprint density at radius 1 is 1.22 bits per heavy atom. The summed E-state index contributed by atoms with van der Waals surface area (Å²) in [7, 11) is 0. The normalized spacial score (nSPS) is 15.3. The van der Waals surface area contributed by atoms with E-state index in [1.165, 1.54) is 0 Å². The third-order valence-electron chi connectivity index (χ3n) is 3.67. The van der Waals surface area contributed by atoms with Crippen LogP contribution in [-0.2, 0) is 11.2 Å². The second kappa shape index (κ2) is 8.88. The summed E-state index contributed by atoms with van der Waals surface area (Å²) in [6.07, 6.45) is 4.75. The molecule has 2 N–H and O–H groups in total. The van der Waals surface area contributed by atoms with Gasteiger partial charge in [-0.2, -0.15) is 5.10 Å². The molecule has 1 aliphatic heterocycles. The average Bonchev–Trinajstić information content (AvgIpc) is 3.05. The summed E-state index contributed by atoms with van der Waals surface area (Å²) in [5.41, 5.74) is 8.22. The Kier molecular flexibility index (Phi) is 6.85. The first-order valence-corrected chi connectivity index (χ1v) is 7.54. The van der Waals surface area contributed by atoms with Gasteiger partial charge in [-0.1, -0.05) is 18.2 Å². The predicted molar refractivity (Wildman–Crippen MR) is 102 cm³/mol. The number of nitrogens with two attached hydrogens (primary N) is 1. The molecule has 0 bridgehead atoms. The fraction of sp³-hybridized carbons (Fsp3) is 0.375. The minimum Gasteiger partial charge on any atom is -0.378 e. The summed E-state index contributed by atoms with van der Waals surface area (Å²) in [5.74, 6) is 0.610. The van der Waals surface area contributed by atoms with Crippen molar-refractivity contribution in [2.75, 3.05) is 32.8 Å². The monoisotopic (exact) mass is 427 g/mol. The summed E-state index contributed by atoms with van der Waals surface area (Å²) in [5, 5.41) is 4.38. The fourth-order valence-corrected chi connectivity index (χ4v) is 2.40. The molecule has 0 amide bonds. The molecular formula is C16H22IN5O. The first-order valence-electron chi connectivity index (χ1n) is 7.54. The summed E-state index contributed by atoms with van der Waals surface area (Å²) >= 11 is 0. The zero-order valence-electron chi connectivity index (χ0n) is 13.0. The van der Waals surface area contributed by atoms with Gasteiger partial charge in [0.2, 0.25) is 0 Å². The van der Waals surface area contributed by atoms with E-state index in [1.54, 1.807) is 0 Å². The maximum absolute atomic E-state index is 6.01. The van der Waals surface area contributed by atoms with E-state index in [1.807, 2.05) is 47.4 Å². The molecule has 1 saturated heterocycles. The lowest BCUT2D eigenvalue weighted by molar-refractivity contribution is 0.0674. The second-order valence-electron chi connectivity index (χ2n) is 5.22. The molecule has 2 heterocycles. The van der Waals surface area contributed by atoms with Crippen molar-refractivity contribution in [2.24, 2.45) is 10.7 Å². The number of rotatable bonds is 4. The maximum Gasteiger partial charge on any atom is 0.191 e. The summed E-state index contributed by atoms with van der Waals surface area (Å²) in [4.78, 5) is 6.52. The van der Waals surface area contributed by atoms with Crippen molar-refractivity contribution in [1.82, 2.24) is 14.7 Å². The predicted octanol–water partition coefficient (Wildman–Crippen LogP) is 1.68. The lowest BCUT2D eigenvalue weighted by Gasteiger charge is -2.27. The lowest BCUT2D eigenvalue weighted by atomic mass is 10.2. The molecule has 1 fully saturated rings. The highest BCUT2D eigenvalue weighted by molar-refractivity contribution is 14.0. The molecule has 2 aromatic rings. The van der Waals surface area contributed by atoms with E-state index in [0.29, 0.717) is 12.5 Å². The summed E-state index contributed by atoms with van der Waals surface area (Å²) in [6, 6.07) is 10.1. The number of aliphatic imine (C=N–C) groups is 1. The van der Waals surface area contributed by atoms with Gasteiger partial charge in [0.25, 0.3) is 0 Å². The Balaban J connectivity index is 0.00000192. The SMILES string of the molecule is I.NC(=NCCc1cnn(-c2ccccc2)c1)N1CCOCC1. The van der Waals surface area contributed by atoms with Crippen molar-refractivity contribution in [3.05, 3.63) is 48.3 Å². The fourth-order valence-electron chi connectivity index (χ4n) is 2.40. The molecule has 3 rings (SSSR count). The van der Waals surface area contributed by atoms with Crippen LogP contribution in [0.1, 0.15) is 5.56 Å². The molecule has 6 nitrogen and oxygen atoms in total. The van der Waals surface area contributed by atoms with Gasteiger partial charge in [-0.25, -0.2) is 4.68 Å². The first kappa shape index (κ1) is 17.7. The van der Waals surface area contributed by atoms with Gasteiger partial charge in [-0.15, -0.1) is 24.0 Å². The van der Waals surface area contributed by atoms with E-state index < -0.39 is 0 Å². The average molecular weight is 427 g/mol. The molecular weight excluding hydrogens is 405 g/mol. The summed E-state index contributed by atoms with van der Waals surface area (Å²) < 4.78 is 7.18. The molecule has 0 radical (unpaired) electrons. The van der Waals surface area contributed by atoms with Gasteiger partial charge in [0.15, 0.2) is 5.96 Å². The van der Waals surface area contributed by atoms with E-state index in [2.05, 4.69) is 15.0 Å². The van der Waals surface area contributed by atoms with Crippen LogP contribution in [0.4, 0.5) is 0 Å². The molecule has 7 heteroatoms. The standard InChI is InChI=1S/C16H21N5O.HI/c17-16(20-8-10-22-11-9-20)18-7-6-14-12-19-21(13-14)15-4-2-1-3-5-15;/h1-5,12-13H,6-11H2,(H2,17,18);1H. The maximum atomic E-state index is 6.01. The minimum absolute atomic E-state index is 0.